The first-order chi connectivity index (χ1) is 12.9. The maximum atomic E-state index is 12.3. The van der Waals surface area contributed by atoms with Crippen LogP contribution >= 0.6 is 0 Å². The first kappa shape index (κ1) is 18.9. The number of carbonyl (C=O) groups excluding carboxylic acids is 1. The van der Waals surface area contributed by atoms with Gasteiger partial charge in [-0.3, -0.25) is 4.79 Å². The van der Waals surface area contributed by atoms with Gasteiger partial charge < -0.3 is 9.13 Å². The molecule has 1 amide bonds. The van der Waals surface area contributed by atoms with E-state index in [1.54, 1.807) is 6.21 Å². The highest BCUT2D eigenvalue weighted by Gasteiger charge is 2.11. The first-order valence-corrected chi connectivity index (χ1v) is 9.27. The van der Waals surface area contributed by atoms with Crippen molar-refractivity contribution in [2.24, 2.45) is 11.0 Å². The maximum Gasteiger partial charge on any atom is 0.260 e. The maximum absolute atomic E-state index is 12.3. The van der Waals surface area contributed by atoms with Crippen molar-refractivity contribution in [1.82, 2.24) is 19.5 Å². The molecule has 0 atom stereocenters. The van der Waals surface area contributed by atoms with Crippen molar-refractivity contribution >= 4 is 23.2 Å². The third-order valence-corrected chi connectivity index (χ3v) is 4.70. The molecule has 2 heterocycles. The molecule has 0 saturated heterocycles. The zero-order valence-electron chi connectivity index (χ0n) is 16.7. The molecular formula is C21H27N5O. The molecule has 0 radical (unpaired) electrons. The van der Waals surface area contributed by atoms with E-state index in [0.717, 1.165) is 34.7 Å². The van der Waals surface area contributed by atoms with Crippen molar-refractivity contribution in [3.63, 3.8) is 0 Å². The van der Waals surface area contributed by atoms with Crippen LogP contribution in [0.5, 0.6) is 0 Å². The number of amides is 1. The molecule has 6 nitrogen and oxygen atoms in total. The fourth-order valence-electron chi connectivity index (χ4n) is 3.35. The van der Waals surface area contributed by atoms with Gasteiger partial charge in [0.2, 0.25) is 0 Å². The lowest BCUT2D eigenvalue weighted by molar-refractivity contribution is -0.121. The molecule has 1 N–H and O–H groups in total. The van der Waals surface area contributed by atoms with Gasteiger partial charge in [0, 0.05) is 23.5 Å². The molecule has 27 heavy (non-hydrogen) atoms. The predicted octanol–water partition coefficient (Wildman–Crippen LogP) is 3.57. The van der Waals surface area contributed by atoms with Gasteiger partial charge in [-0.15, -0.1) is 0 Å². The van der Waals surface area contributed by atoms with Gasteiger partial charge in [0.15, 0.2) is 0 Å². The number of imidazole rings is 1. The number of fused-ring (bicyclic) bond motifs is 1. The normalized spacial score (nSPS) is 11.8. The molecule has 0 fully saturated rings. The minimum Gasteiger partial charge on any atom is -0.348 e. The Morgan fingerprint density at radius 3 is 2.70 bits per heavy atom. The van der Waals surface area contributed by atoms with Crippen LogP contribution in [-0.4, -0.2) is 26.2 Å². The Balaban J connectivity index is 1.68. The van der Waals surface area contributed by atoms with Gasteiger partial charge in [-0.1, -0.05) is 26.0 Å². The summed E-state index contributed by atoms with van der Waals surface area (Å²) < 4.78 is 4.18. The van der Waals surface area contributed by atoms with Gasteiger partial charge in [-0.25, -0.2) is 10.4 Å². The summed E-state index contributed by atoms with van der Waals surface area (Å²) in [5.74, 6) is 1.22. The summed E-state index contributed by atoms with van der Waals surface area (Å²) in [6.45, 7) is 11.7. The number of rotatable bonds is 6. The fourth-order valence-corrected chi connectivity index (χ4v) is 3.35. The van der Waals surface area contributed by atoms with E-state index in [-0.39, 0.29) is 12.5 Å². The Morgan fingerprint density at radius 1 is 1.22 bits per heavy atom. The number of nitrogens with one attached hydrogen (secondary N) is 1. The van der Waals surface area contributed by atoms with Crippen LogP contribution in [0.4, 0.5) is 0 Å². The highest BCUT2D eigenvalue weighted by Crippen LogP contribution is 2.16. The Morgan fingerprint density at radius 2 is 1.96 bits per heavy atom. The molecule has 0 aliphatic carbocycles. The van der Waals surface area contributed by atoms with E-state index in [9.17, 15) is 4.79 Å². The molecule has 0 saturated carbocycles. The first-order valence-electron chi connectivity index (χ1n) is 9.27. The molecule has 6 heteroatoms. The van der Waals surface area contributed by atoms with Crippen molar-refractivity contribution in [3.05, 3.63) is 53.1 Å². The van der Waals surface area contributed by atoms with Crippen LogP contribution < -0.4 is 5.43 Å². The van der Waals surface area contributed by atoms with Crippen molar-refractivity contribution in [2.45, 2.75) is 47.7 Å². The average Bonchev–Trinajstić information content (AvgIpc) is 3.06. The number of hydrogen-bond donors (Lipinski definition) is 1. The second kappa shape index (κ2) is 7.78. The number of aromatic nitrogens is 3. The number of benzene rings is 1. The monoisotopic (exact) mass is 365 g/mol. The minimum absolute atomic E-state index is 0.173. The third-order valence-electron chi connectivity index (χ3n) is 4.70. The number of para-hydroxylation sites is 2. The molecule has 0 aliphatic rings. The molecule has 3 aromatic rings. The molecule has 142 valence electrons. The topological polar surface area (TPSA) is 64.2 Å². The van der Waals surface area contributed by atoms with E-state index in [2.05, 4.69) is 53.8 Å². The highest BCUT2D eigenvalue weighted by molar-refractivity contribution is 5.84. The van der Waals surface area contributed by atoms with Crippen molar-refractivity contribution < 1.29 is 4.79 Å². The van der Waals surface area contributed by atoms with Crippen LogP contribution in [0.3, 0.4) is 0 Å². The molecule has 0 spiro atoms. The number of aryl methyl sites for hydroxylation is 2. The number of hydrazone groups is 1. The number of hydrogen-bond acceptors (Lipinski definition) is 3. The third kappa shape index (κ3) is 4.10. The van der Waals surface area contributed by atoms with E-state index < -0.39 is 0 Å². The SMILES string of the molecule is Cc1cc(/C=N\NC(=O)Cn2c(C)nc3ccccc32)c(C)n1CC(C)C. The smallest absolute Gasteiger partial charge is 0.260 e. The number of nitrogens with zero attached hydrogens (tertiary/aromatic N) is 4. The largest absolute Gasteiger partial charge is 0.348 e. The fraction of sp³-hybridized carbons (Fsp3) is 0.381. The van der Waals surface area contributed by atoms with Gasteiger partial charge in [-0.2, -0.15) is 5.10 Å². The zero-order chi connectivity index (χ0) is 19.6. The predicted molar refractivity (Wildman–Crippen MR) is 109 cm³/mol. The summed E-state index contributed by atoms with van der Waals surface area (Å²) in [4.78, 5) is 16.8. The van der Waals surface area contributed by atoms with Gasteiger partial charge in [0.05, 0.1) is 17.2 Å². The van der Waals surface area contributed by atoms with Crippen molar-refractivity contribution in [1.29, 1.82) is 0 Å². The quantitative estimate of drug-likeness (QED) is 0.536. The van der Waals surface area contributed by atoms with E-state index in [0.29, 0.717) is 5.92 Å². The van der Waals surface area contributed by atoms with Crippen LogP contribution in [0.15, 0.2) is 35.4 Å². The van der Waals surface area contributed by atoms with Crippen molar-refractivity contribution in [2.75, 3.05) is 0 Å². The summed E-state index contributed by atoms with van der Waals surface area (Å²) in [5, 5.41) is 4.15. The van der Waals surface area contributed by atoms with E-state index >= 15 is 0 Å². The molecule has 2 aromatic heterocycles. The van der Waals surface area contributed by atoms with Gasteiger partial charge in [0.25, 0.3) is 5.91 Å². The lowest BCUT2D eigenvalue weighted by atomic mass is 10.2. The summed E-state index contributed by atoms with van der Waals surface area (Å²) in [7, 11) is 0. The highest BCUT2D eigenvalue weighted by atomic mass is 16.2. The Kier molecular flexibility index (Phi) is 5.44. The summed E-state index contributed by atoms with van der Waals surface area (Å²) in [5.41, 5.74) is 7.87. The molecular weight excluding hydrogens is 338 g/mol. The second-order valence-electron chi connectivity index (χ2n) is 7.36. The molecule has 1 aromatic carbocycles. The summed E-state index contributed by atoms with van der Waals surface area (Å²) in [6.07, 6.45) is 1.72. The Bertz CT molecular complexity index is 994. The molecule has 3 rings (SSSR count). The number of carbonyl (C=O) groups is 1. The van der Waals surface area contributed by atoms with E-state index in [1.165, 1.54) is 5.69 Å². The van der Waals surface area contributed by atoms with Crippen LogP contribution in [0.25, 0.3) is 11.0 Å². The lowest BCUT2D eigenvalue weighted by Gasteiger charge is -2.11. The average molecular weight is 365 g/mol. The Labute approximate surface area is 159 Å². The van der Waals surface area contributed by atoms with Crippen LogP contribution in [0.1, 0.15) is 36.6 Å². The standard InChI is InChI=1S/C21H27N5O/c1-14(2)12-25-15(3)10-18(16(25)4)11-22-24-21(27)13-26-17(5)23-19-8-6-7-9-20(19)26/h6-11,14H,12-13H2,1-5H3,(H,24,27)/b22-11-. The minimum atomic E-state index is -0.173. The van der Waals surface area contributed by atoms with Gasteiger partial charge >= 0.3 is 0 Å². The van der Waals surface area contributed by atoms with Crippen LogP contribution in [0.2, 0.25) is 0 Å². The Hall–Kier alpha value is -2.89. The van der Waals surface area contributed by atoms with E-state index in [1.807, 2.05) is 35.8 Å². The van der Waals surface area contributed by atoms with Crippen molar-refractivity contribution in [3.8, 4) is 0 Å². The van der Waals surface area contributed by atoms with Crippen LogP contribution in [-0.2, 0) is 17.9 Å². The second-order valence-corrected chi connectivity index (χ2v) is 7.36. The molecule has 0 unspecified atom stereocenters. The lowest BCUT2D eigenvalue weighted by Crippen LogP contribution is -2.23. The van der Waals surface area contributed by atoms with Gasteiger partial charge in [-0.05, 0) is 44.9 Å². The summed E-state index contributed by atoms with van der Waals surface area (Å²) in [6, 6.07) is 9.90. The summed E-state index contributed by atoms with van der Waals surface area (Å²) >= 11 is 0. The molecule has 0 aliphatic heterocycles. The molecule has 0 bridgehead atoms. The van der Waals surface area contributed by atoms with Crippen LogP contribution in [0, 0.1) is 26.7 Å². The van der Waals surface area contributed by atoms with E-state index in [4.69, 9.17) is 0 Å². The van der Waals surface area contributed by atoms with Gasteiger partial charge in [0.1, 0.15) is 12.4 Å². The zero-order valence-corrected chi connectivity index (χ0v) is 16.7.